The Hall–Kier alpha value is -1.86. The highest BCUT2D eigenvalue weighted by molar-refractivity contribution is 8.26. The molecule has 1 amide bonds. The van der Waals surface area contributed by atoms with E-state index in [0.29, 0.717) is 22.2 Å². The van der Waals surface area contributed by atoms with Gasteiger partial charge in [0.1, 0.15) is 4.32 Å². The van der Waals surface area contributed by atoms with Crippen molar-refractivity contribution in [3.8, 4) is 0 Å². The fourth-order valence-electron chi connectivity index (χ4n) is 4.85. The molecule has 1 aromatic rings. The van der Waals surface area contributed by atoms with Gasteiger partial charge in [0.2, 0.25) is 0 Å². The van der Waals surface area contributed by atoms with Gasteiger partial charge in [0.25, 0.3) is 5.91 Å². The molecule has 3 fully saturated rings. The molecule has 2 atom stereocenters. The number of anilines is 1. The third-order valence-corrected chi connectivity index (χ3v) is 7.87. The number of amides is 1. The number of aliphatic carboxylic acids is 1. The van der Waals surface area contributed by atoms with Gasteiger partial charge >= 0.3 is 5.97 Å². The fraction of sp³-hybridized carbons (Fsp3) is 0.522. The molecule has 2 aliphatic heterocycles. The highest BCUT2D eigenvalue weighted by Gasteiger charge is 2.32. The number of carbonyl (C=O) groups excluding carboxylic acids is 1. The number of hydrogen-bond donors (Lipinski definition) is 1. The largest absolute Gasteiger partial charge is 0.481 e. The number of hydrogen-bond acceptors (Lipinski definition) is 5. The molecule has 30 heavy (non-hydrogen) atoms. The maximum atomic E-state index is 12.6. The molecule has 5 nitrogen and oxygen atoms in total. The second kappa shape index (κ2) is 9.52. The molecule has 0 radical (unpaired) electrons. The standard InChI is InChI=1S/C23H28N2O3S2/c26-21(27)6-3-12-25-22(28)20(30-23(25)29)14-16-7-9-19(10-8-16)24-13-11-17-4-1-2-5-18(17)15-24/h7-10,14,17-18H,1-6,11-13,15H2,(H,26,27)/t17-,18+/m0/s1. The fourth-order valence-corrected chi connectivity index (χ4v) is 6.16. The lowest BCUT2D eigenvalue weighted by molar-refractivity contribution is -0.137. The molecule has 1 aromatic carbocycles. The van der Waals surface area contributed by atoms with Gasteiger partial charge in [-0.05, 0) is 54.9 Å². The highest BCUT2D eigenvalue weighted by Crippen LogP contribution is 2.38. The number of rotatable bonds is 6. The first-order valence-electron chi connectivity index (χ1n) is 10.8. The maximum Gasteiger partial charge on any atom is 0.303 e. The van der Waals surface area contributed by atoms with E-state index < -0.39 is 5.97 Å². The van der Waals surface area contributed by atoms with Crippen LogP contribution in [0.1, 0.15) is 50.5 Å². The number of carboxylic acids is 1. The predicted molar refractivity (Wildman–Crippen MR) is 125 cm³/mol. The number of benzene rings is 1. The smallest absolute Gasteiger partial charge is 0.303 e. The lowest BCUT2D eigenvalue weighted by Crippen LogP contribution is -2.41. The molecule has 3 aliphatic rings. The van der Waals surface area contributed by atoms with Crippen LogP contribution in [0.15, 0.2) is 29.2 Å². The van der Waals surface area contributed by atoms with E-state index in [9.17, 15) is 9.59 Å². The van der Waals surface area contributed by atoms with Crippen molar-refractivity contribution in [2.45, 2.75) is 44.9 Å². The summed E-state index contributed by atoms with van der Waals surface area (Å²) in [7, 11) is 0. The van der Waals surface area contributed by atoms with Crippen LogP contribution in [0, 0.1) is 11.8 Å². The number of piperidine rings is 1. The van der Waals surface area contributed by atoms with Crippen molar-refractivity contribution in [1.82, 2.24) is 4.90 Å². The predicted octanol–water partition coefficient (Wildman–Crippen LogP) is 4.77. The molecule has 1 aliphatic carbocycles. The molecule has 2 heterocycles. The normalized spacial score (nSPS) is 25.7. The Morgan fingerprint density at radius 2 is 1.90 bits per heavy atom. The second-order valence-electron chi connectivity index (χ2n) is 8.46. The van der Waals surface area contributed by atoms with Crippen LogP contribution in [-0.2, 0) is 9.59 Å². The average molecular weight is 445 g/mol. The Bertz CT molecular complexity index is 853. The first kappa shape index (κ1) is 21.4. The molecule has 1 N–H and O–H groups in total. The van der Waals surface area contributed by atoms with Gasteiger partial charge in [-0.25, -0.2) is 0 Å². The first-order chi connectivity index (χ1) is 14.5. The molecule has 0 aromatic heterocycles. The van der Waals surface area contributed by atoms with Gasteiger partial charge in [0, 0.05) is 31.7 Å². The molecule has 2 saturated heterocycles. The van der Waals surface area contributed by atoms with Gasteiger partial charge in [-0.2, -0.15) is 0 Å². The number of carbonyl (C=O) groups is 2. The first-order valence-corrected chi connectivity index (χ1v) is 12.1. The Morgan fingerprint density at radius 1 is 1.17 bits per heavy atom. The van der Waals surface area contributed by atoms with Gasteiger partial charge in [-0.3, -0.25) is 14.5 Å². The summed E-state index contributed by atoms with van der Waals surface area (Å²) in [5.41, 5.74) is 2.25. The minimum Gasteiger partial charge on any atom is -0.481 e. The molecule has 1 saturated carbocycles. The summed E-state index contributed by atoms with van der Waals surface area (Å²) in [6, 6.07) is 8.45. The van der Waals surface area contributed by atoms with Crippen molar-refractivity contribution in [3.05, 3.63) is 34.7 Å². The molecule has 0 unspecified atom stereocenters. The Kier molecular flexibility index (Phi) is 6.78. The van der Waals surface area contributed by atoms with Crippen molar-refractivity contribution < 1.29 is 14.7 Å². The van der Waals surface area contributed by atoms with E-state index in [-0.39, 0.29) is 12.3 Å². The van der Waals surface area contributed by atoms with Gasteiger partial charge in [-0.15, -0.1) is 0 Å². The van der Waals surface area contributed by atoms with Crippen LogP contribution in [0.3, 0.4) is 0 Å². The van der Waals surface area contributed by atoms with E-state index in [1.807, 2.05) is 6.08 Å². The lowest BCUT2D eigenvalue weighted by Gasteiger charge is -2.42. The van der Waals surface area contributed by atoms with Crippen molar-refractivity contribution in [2.75, 3.05) is 24.5 Å². The second-order valence-corrected chi connectivity index (χ2v) is 10.1. The molecule has 7 heteroatoms. The number of nitrogens with zero attached hydrogens (tertiary/aromatic N) is 2. The third kappa shape index (κ3) is 4.89. The van der Waals surface area contributed by atoms with Crippen LogP contribution < -0.4 is 4.90 Å². The van der Waals surface area contributed by atoms with Crippen molar-refractivity contribution in [1.29, 1.82) is 0 Å². The molecule has 4 rings (SSSR count). The van der Waals surface area contributed by atoms with E-state index >= 15 is 0 Å². The zero-order valence-electron chi connectivity index (χ0n) is 17.1. The van der Waals surface area contributed by atoms with E-state index in [4.69, 9.17) is 17.3 Å². The molecular weight excluding hydrogens is 416 g/mol. The molecule has 160 valence electrons. The zero-order valence-corrected chi connectivity index (χ0v) is 18.7. The minimum atomic E-state index is -0.858. The summed E-state index contributed by atoms with van der Waals surface area (Å²) >= 11 is 6.61. The highest BCUT2D eigenvalue weighted by atomic mass is 32.2. The minimum absolute atomic E-state index is 0.0374. The summed E-state index contributed by atoms with van der Waals surface area (Å²) in [5.74, 6) is 0.782. The van der Waals surface area contributed by atoms with Gasteiger partial charge in [0.15, 0.2) is 0 Å². The SMILES string of the molecule is O=C(O)CCCN1C(=O)C(=Cc2ccc(N3CC[C@@H]4CCCC[C@@H]4C3)cc2)SC1=S. The Balaban J connectivity index is 1.38. The average Bonchev–Trinajstić information content (AvgIpc) is 3.01. The summed E-state index contributed by atoms with van der Waals surface area (Å²) in [6.45, 7) is 2.65. The van der Waals surface area contributed by atoms with Crippen molar-refractivity contribution in [3.63, 3.8) is 0 Å². The number of carboxylic acid groups (broad SMARTS) is 1. The Labute approximate surface area is 187 Å². The summed E-state index contributed by atoms with van der Waals surface area (Å²) in [6.07, 6.45) is 9.19. The number of thioether (sulfide) groups is 1. The maximum absolute atomic E-state index is 12.6. The van der Waals surface area contributed by atoms with Crippen LogP contribution in [0.5, 0.6) is 0 Å². The van der Waals surface area contributed by atoms with Gasteiger partial charge in [0.05, 0.1) is 4.91 Å². The quantitative estimate of drug-likeness (QED) is 0.504. The molecular formula is C23H28N2O3S2. The Morgan fingerprint density at radius 3 is 2.63 bits per heavy atom. The van der Waals surface area contributed by atoms with Crippen molar-refractivity contribution >= 4 is 51.9 Å². The van der Waals surface area contributed by atoms with E-state index in [1.165, 1.54) is 61.0 Å². The van der Waals surface area contributed by atoms with E-state index in [2.05, 4.69) is 29.2 Å². The zero-order chi connectivity index (χ0) is 21.1. The molecule has 0 bridgehead atoms. The van der Waals surface area contributed by atoms with Crippen LogP contribution in [-0.4, -0.2) is 45.8 Å². The van der Waals surface area contributed by atoms with Crippen LogP contribution >= 0.6 is 24.0 Å². The van der Waals surface area contributed by atoms with Crippen LogP contribution in [0.2, 0.25) is 0 Å². The van der Waals surface area contributed by atoms with Crippen molar-refractivity contribution in [2.24, 2.45) is 11.8 Å². The van der Waals surface area contributed by atoms with Gasteiger partial charge in [-0.1, -0.05) is 55.4 Å². The summed E-state index contributed by atoms with van der Waals surface area (Å²) in [4.78, 5) is 28.0. The third-order valence-electron chi connectivity index (χ3n) is 6.49. The monoisotopic (exact) mass is 444 g/mol. The van der Waals surface area contributed by atoms with Gasteiger partial charge < -0.3 is 10.0 Å². The molecule has 0 spiro atoms. The lowest BCUT2D eigenvalue weighted by atomic mass is 9.75. The van der Waals surface area contributed by atoms with E-state index in [1.54, 1.807) is 0 Å². The topological polar surface area (TPSA) is 60.9 Å². The summed E-state index contributed by atoms with van der Waals surface area (Å²) in [5, 5.41) is 8.78. The van der Waals surface area contributed by atoms with Crippen LogP contribution in [0.25, 0.3) is 6.08 Å². The number of fused-ring (bicyclic) bond motifs is 1. The van der Waals surface area contributed by atoms with E-state index in [0.717, 1.165) is 23.9 Å². The number of thiocarbonyl (C=S) groups is 1. The van der Waals surface area contributed by atoms with Crippen LogP contribution in [0.4, 0.5) is 5.69 Å². The summed E-state index contributed by atoms with van der Waals surface area (Å²) < 4.78 is 0.503.